The number of ether oxygens (including phenoxy) is 1. The number of benzene rings is 1. The lowest BCUT2D eigenvalue weighted by molar-refractivity contribution is -0.0113. The number of nitrogens with one attached hydrogen (secondary N) is 1. The molecule has 6 nitrogen and oxygen atoms in total. The molecule has 0 bridgehead atoms. The van der Waals surface area contributed by atoms with Crippen molar-refractivity contribution in [3.8, 4) is 0 Å². The van der Waals surface area contributed by atoms with Crippen LogP contribution in [0.1, 0.15) is 10.6 Å². The zero-order valence-corrected chi connectivity index (χ0v) is 13.2. The summed E-state index contributed by atoms with van der Waals surface area (Å²) in [5, 5.41) is 12.0. The van der Waals surface area contributed by atoms with Gasteiger partial charge in [0.15, 0.2) is 0 Å². The quantitative estimate of drug-likeness (QED) is 0.943. The number of carbonyl (C=O) groups is 1. The van der Waals surface area contributed by atoms with Crippen LogP contribution in [-0.2, 0) is 11.2 Å². The van der Waals surface area contributed by atoms with E-state index in [1.807, 2.05) is 25.1 Å². The van der Waals surface area contributed by atoms with Gasteiger partial charge < -0.3 is 9.64 Å². The number of amides is 2. The van der Waals surface area contributed by atoms with Gasteiger partial charge in [-0.1, -0.05) is 41.7 Å². The first-order valence-corrected chi connectivity index (χ1v) is 8.04. The number of aryl methyl sites for hydroxylation is 1. The number of carbonyl (C=O) groups excluding carboxylic acids is 1. The van der Waals surface area contributed by atoms with Crippen molar-refractivity contribution in [1.82, 2.24) is 15.1 Å². The normalized spacial score (nSPS) is 18.2. The molecule has 1 fully saturated rings. The number of hydrogen-bond donors (Lipinski definition) is 1. The van der Waals surface area contributed by atoms with Crippen LogP contribution in [0.4, 0.5) is 9.93 Å². The Bertz CT molecular complexity index is 631. The van der Waals surface area contributed by atoms with Gasteiger partial charge in [0.1, 0.15) is 5.01 Å². The molecule has 2 amide bonds. The highest BCUT2D eigenvalue weighted by Gasteiger charge is 2.25. The van der Waals surface area contributed by atoms with E-state index in [4.69, 9.17) is 4.74 Å². The second-order valence-corrected chi connectivity index (χ2v) is 6.37. The molecule has 7 heteroatoms. The van der Waals surface area contributed by atoms with Crippen LogP contribution < -0.4 is 5.32 Å². The first kappa shape index (κ1) is 14.9. The molecule has 0 radical (unpaired) electrons. The fraction of sp³-hybridized carbons (Fsp3) is 0.400. The third kappa shape index (κ3) is 3.80. The summed E-state index contributed by atoms with van der Waals surface area (Å²) in [4.78, 5) is 14.0. The Morgan fingerprint density at radius 2 is 2.23 bits per heavy atom. The molecule has 1 aromatic carbocycles. The summed E-state index contributed by atoms with van der Waals surface area (Å²) in [7, 11) is 0. The lowest BCUT2D eigenvalue weighted by Crippen LogP contribution is -2.48. The maximum atomic E-state index is 12.3. The number of anilines is 1. The third-order valence-electron chi connectivity index (χ3n) is 3.47. The van der Waals surface area contributed by atoms with Crippen LogP contribution in [0.5, 0.6) is 0 Å². The molecule has 1 saturated heterocycles. The monoisotopic (exact) mass is 318 g/mol. The second kappa shape index (κ2) is 6.85. The average Bonchev–Trinajstić information content (AvgIpc) is 2.93. The van der Waals surface area contributed by atoms with Crippen molar-refractivity contribution in [3.63, 3.8) is 0 Å². The standard InChI is InChI=1S/C15H18N4O2S/c1-11-17-18-14(22-11)16-15(20)19-7-8-21-13(10-19)9-12-5-3-2-4-6-12/h2-6,13H,7-10H2,1H3,(H,16,18,20)/t13-/m0/s1. The van der Waals surface area contributed by atoms with Crippen molar-refractivity contribution in [3.05, 3.63) is 40.9 Å². The highest BCUT2D eigenvalue weighted by molar-refractivity contribution is 7.15. The Morgan fingerprint density at radius 1 is 1.41 bits per heavy atom. The Hall–Kier alpha value is -1.99. The predicted octanol–water partition coefficient (Wildman–Crippen LogP) is 2.32. The van der Waals surface area contributed by atoms with E-state index in [0.717, 1.165) is 11.4 Å². The maximum Gasteiger partial charge on any atom is 0.323 e. The van der Waals surface area contributed by atoms with Gasteiger partial charge in [0, 0.05) is 19.5 Å². The Labute approximate surface area is 133 Å². The van der Waals surface area contributed by atoms with E-state index in [1.54, 1.807) is 4.90 Å². The molecule has 3 rings (SSSR count). The zero-order chi connectivity index (χ0) is 15.4. The van der Waals surface area contributed by atoms with Gasteiger partial charge in [0.2, 0.25) is 5.13 Å². The largest absolute Gasteiger partial charge is 0.374 e. The number of morpholine rings is 1. The van der Waals surface area contributed by atoms with E-state index in [-0.39, 0.29) is 12.1 Å². The van der Waals surface area contributed by atoms with Gasteiger partial charge in [-0.3, -0.25) is 5.32 Å². The molecule has 0 aliphatic carbocycles. The number of hydrogen-bond acceptors (Lipinski definition) is 5. The van der Waals surface area contributed by atoms with Gasteiger partial charge in [0.05, 0.1) is 12.7 Å². The van der Waals surface area contributed by atoms with Crippen molar-refractivity contribution >= 4 is 22.5 Å². The molecule has 1 atom stereocenters. The molecule has 2 aromatic rings. The maximum absolute atomic E-state index is 12.3. The van der Waals surface area contributed by atoms with E-state index >= 15 is 0 Å². The Morgan fingerprint density at radius 3 is 2.95 bits per heavy atom. The molecule has 2 heterocycles. The van der Waals surface area contributed by atoms with Crippen LogP contribution in [0, 0.1) is 6.92 Å². The topological polar surface area (TPSA) is 67.4 Å². The minimum absolute atomic E-state index is 0.0260. The highest BCUT2D eigenvalue weighted by Crippen LogP contribution is 2.16. The second-order valence-electron chi connectivity index (χ2n) is 5.18. The summed E-state index contributed by atoms with van der Waals surface area (Å²) in [6, 6.07) is 10.0. The van der Waals surface area contributed by atoms with Crippen LogP contribution in [0.3, 0.4) is 0 Å². The summed E-state index contributed by atoms with van der Waals surface area (Å²) >= 11 is 1.37. The van der Waals surface area contributed by atoms with E-state index in [2.05, 4.69) is 27.6 Å². The average molecular weight is 318 g/mol. The number of nitrogens with zero attached hydrogens (tertiary/aromatic N) is 3. The van der Waals surface area contributed by atoms with Crippen LogP contribution in [0.25, 0.3) is 0 Å². The van der Waals surface area contributed by atoms with Gasteiger partial charge in [-0.05, 0) is 12.5 Å². The number of urea groups is 1. The number of aromatic nitrogens is 2. The van der Waals surface area contributed by atoms with Crippen LogP contribution in [-0.4, -0.2) is 46.9 Å². The summed E-state index contributed by atoms with van der Waals surface area (Å²) in [6.45, 7) is 3.59. The summed E-state index contributed by atoms with van der Waals surface area (Å²) < 4.78 is 5.77. The molecular weight excluding hydrogens is 300 g/mol. The first-order valence-electron chi connectivity index (χ1n) is 7.22. The molecule has 1 aliphatic heterocycles. The molecule has 116 valence electrons. The molecule has 1 N–H and O–H groups in total. The smallest absolute Gasteiger partial charge is 0.323 e. The van der Waals surface area contributed by atoms with Crippen molar-refractivity contribution in [2.75, 3.05) is 25.0 Å². The molecule has 1 aromatic heterocycles. The fourth-order valence-corrected chi connectivity index (χ4v) is 3.00. The Balaban J connectivity index is 1.57. The summed E-state index contributed by atoms with van der Waals surface area (Å²) in [6.07, 6.45) is 0.834. The van der Waals surface area contributed by atoms with E-state index in [9.17, 15) is 4.79 Å². The molecule has 1 aliphatic rings. The van der Waals surface area contributed by atoms with Crippen molar-refractivity contribution in [2.45, 2.75) is 19.4 Å². The SMILES string of the molecule is Cc1nnc(NC(=O)N2CCO[C@@H](Cc3ccccc3)C2)s1. The lowest BCUT2D eigenvalue weighted by Gasteiger charge is -2.32. The first-order chi connectivity index (χ1) is 10.7. The Kier molecular flexibility index (Phi) is 4.65. The minimum atomic E-state index is -0.141. The molecule has 0 saturated carbocycles. The van der Waals surface area contributed by atoms with Crippen LogP contribution in [0.2, 0.25) is 0 Å². The third-order valence-corrected chi connectivity index (χ3v) is 4.23. The fourth-order valence-electron chi connectivity index (χ4n) is 2.42. The van der Waals surface area contributed by atoms with E-state index in [0.29, 0.717) is 24.8 Å². The van der Waals surface area contributed by atoms with E-state index in [1.165, 1.54) is 16.9 Å². The predicted molar refractivity (Wildman–Crippen MR) is 85.1 cm³/mol. The van der Waals surface area contributed by atoms with Gasteiger partial charge >= 0.3 is 6.03 Å². The van der Waals surface area contributed by atoms with Gasteiger partial charge in [0.25, 0.3) is 0 Å². The lowest BCUT2D eigenvalue weighted by atomic mass is 10.1. The van der Waals surface area contributed by atoms with Crippen molar-refractivity contribution in [1.29, 1.82) is 0 Å². The van der Waals surface area contributed by atoms with Crippen LogP contribution >= 0.6 is 11.3 Å². The molecule has 0 unspecified atom stereocenters. The van der Waals surface area contributed by atoms with Gasteiger partial charge in [-0.2, -0.15) is 0 Å². The molecule has 0 spiro atoms. The van der Waals surface area contributed by atoms with Crippen molar-refractivity contribution < 1.29 is 9.53 Å². The number of rotatable bonds is 3. The summed E-state index contributed by atoms with van der Waals surface area (Å²) in [5.41, 5.74) is 1.22. The summed E-state index contributed by atoms with van der Waals surface area (Å²) in [5.74, 6) is 0. The molecular formula is C15H18N4O2S. The van der Waals surface area contributed by atoms with E-state index < -0.39 is 0 Å². The van der Waals surface area contributed by atoms with Gasteiger partial charge in [-0.15, -0.1) is 10.2 Å². The van der Waals surface area contributed by atoms with Gasteiger partial charge in [-0.25, -0.2) is 4.79 Å². The molecule has 22 heavy (non-hydrogen) atoms. The highest BCUT2D eigenvalue weighted by atomic mass is 32.1. The zero-order valence-electron chi connectivity index (χ0n) is 12.4. The van der Waals surface area contributed by atoms with Crippen molar-refractivity contribution in [2.24, 2.45) is 0 Å². The minimum Gasteiger partial charge on any atom is -0.374 e. The van der Waals surface area contributed by atoms with Crippen LogP contribution in [0.15, 0.2) is 30.3 Å².